The predicted molar refractivity (Wildman–Crippen MR) is 90.4 cm³/mol. The molecule has 1 fully saturated rings. The Labute approximate surface area is 132 Å². The molecule has 0 radical (unpaired) electrons. The predicted octanol–water partition coefficient (Wildman–Crippen LogP) is 2.82. The molecule has 2 amide bonds. The first-order valence-corrected chi connectivity index (χ1v) is 8.20. The lowest BCUT2D eigenvalue weighted by Crippen LogP contribution is -2.33. The minimum Gasteiger partial charge on any atom is -0.396 e. The molecule has 1 saturated heterocycles. The number of urea groups is 1. The molecule has 1 aliphatic rings. The highest BCUT2D eigenvalue weighted by Gasteiger charge is 2.12. The summed E-state index contributed by atoms with van der Waals surface area (Å²) in [6.45, 7) is 4.91. The topological polar surface area (TPSA) is 64.6 Å². The van der Waals surface area contributed by atoms with E-state index in [-0.39, 0.29) is 18.6 Å². The minimum atomic E-state index is -0.194. The number of nitrogens with zero attached hydrogens (tertiary/aromatic N) is 1. The lowest BCUT2D eigenvalue weighted by Gasteiger charge is -2.29. The highest BCUT2D eigenvalue weighted by molar-refractivity contribution is 5.89. The third kappa shape index (κ3) is 5.22. The summed E-state index contributed by atoms with van der Waals surface area (Å²) >= 11 is 0. The van der Waals surface area contributed by atoms with Gasteiger partial charge in [0.1, 0.15) is 0 Å². The molecule has 1 atom stereocenters. The van der Waals surface area contributed by atoms with Gasteiger partial charge in [-0.2, -0.15) is 0 Å². The zero-order chi connectivity index (χ0) is 15.8. The monoisotopic (exact) mass is 305 g/mol. The van der Waals surface area contributed by atoms with Crippen molar-refractivity contribution in [3.8, 4) is 0 Å². The summed E-state index contributed by atoms with van der Waals surface area (Å²) in [4.78, 5) is 14.3. The number of benzene rings is 1. The van der Waals surface area contributed by atoms with Crippen molar-refractivity contribution >= 4 is 17.4 Å². The van der Waals surface area contributed by atoms with E-state index in [1.54, 1.807) is 0 Å². The van der Waals surface area contributed by atoms with E-state index in [2.05, 4.69) is 21.6 Å². The molecule has 0 spiro atoms. The van der Waals surface area contributed by atoms with E-state index in [4.69, 9.17) is 5.11 Å². The molecular weight excluding hydrogens is 278 g/mol. The van der Waals surface area contributed by atoms with Crippen LogP contribution in [0.2, 0.25) is 0 Å². The van der Waals surface area contributed by atoms with Gasteiger partial charge in [-0.15, -0.1) is 0 Å². The van der Waals surface area contributed by atoms with Crippen LogP contribution in [0.15, 0.2) is 24.3 Å². The Morgan fingerprint density at radius 3 is 2.82 bits per heavy atom. The largest absolute Gasteiger partial charge is 0.396 e. The standard InChI is InChI=1S/C17H27N3O2/c1-14(8-11-21)13-18-17(22)19-15-6-5-7-16(12-15)20-9-3-2-4-10-20/h5-7,12,14,21H,2-4,8-11,13H2,1H3,(H2,18,19,22). The molecule has 0 aliphatic carbocycles. The lowest BCUT2D eigenvalue weighted by atomic mass is 10.1. The maximum atomic E-state index is 11.9. The molecule has 1 heterocycles. The van der Waals surface area contributed by atoms with Crippen LogP contribution in [-0.4, -0.2) is 37.4 Å². The average Bonchev–Trinajstić information content (AvgIpc) is 2.54. The number of aliphatic hydroxyl groups excluding tert-OH is 1. The van der Waals surface area contributed by atoms with Crippen LogP contribution < -0.4 is 15.5 Å². The van der Waals surface area contributed by atoms with Crippen molar-refractivity contribution in [2.45, 2.75) is 32.6 Å². The Morgan fingerprint density at radius 1 is 1.32 bits per heavy atom. The molecule has 3 N–H and O–H groups in total. The average molecular weight is 305 g/mol. The van der Waals surface area contributed by atoms with Crippen LogP contribution in [0, 0.1) is 5.92 Å². The summed E-state index contributed by atoms with van der Waals surface area (Å²) in [5.74, 6) is 0.274. The first-order chi connectivity index (χ1) is 10.7. The molecule has 22 heavy (non-hydrogen) atoms. The highest BCUT2D eigenvalue weighted by Crippen LogP contribution is 2.22. The van der Waals surface area contributed by atoms with Gasteiger partial charge in [0.15, 0.2) is 0 Å². The number of carbonyl (C=O) groups is 1. The third-order valence-electron chi connectivity index (χ3n) is 4.06. The maximum Gasteiger partial charge on any atom is 0.319 e. The summed E-state index contributed by atoms with van der Waals surface area (Å²) in [6.07, 6.45) is 4.48. The molecule has 5 nitrogen and oxygen atoms in total. The molecule has 2 rings (SSSR count). The van der Waals surface area contributed by atoms with Gasteiger partial charge in [-0.3, -0.25) is 0 Å². The first-order valence-electron chi connectivity index (χ1n) is 8.20. The number of hydrogen-bond acceptors (Lipinski definition) is 3. The van der Waals surface area contributed by atoms with Crippen molar-refractivity contribution in [3.63, 3.8) is 0 Å². The van der Waals surface area contributed by atoms with Gasteiger partial charge in [0.25, 0.3) is 0 Å². The van der Waals surface area contributed by atoms with Gasteiger partial charge in [-0.1, -0.05) is 13.0 Å². The molecule has 1 unspecified atom stereocenters. The van der Waals surface area contributed by atoms with Crippen LogP contribution in [-0.2, 0) is 0 Å². The van der Waals surface area contributed by atoms with Gasteiger partial charge in [0.2, 0.25) is 0 Å². The second-order valence-electron chi connectivity index (χ2n) is 6.05. The molecule has 0 saturated carbocycles. The van der Waals surface area contributed by atoms with Gasteiger partial charge in [0.05, 0.1) is 0 Å². The summed E-state index contributed by atoms with van der Waals surface area (Å²) in [7, 11) is 0. The second kappa shape index (κ2) is 8.63. The fourth-order valence-electron chi connectivity index (χ4n) is 2.70. The van der Waals surface area contributed by atoms with Crippen LogP contribution in [0.3, 0.4) is 0 Å². The number of nitrogens with one attached hydrogen (secondary N) is 2. The second-order valence-corrected chi connectivity index (χ2v) is 6.05. The summed E-state index contributed by atoms with van der Waals surface area (Å²) in [5, 5.41) is 14.6. The zero-order valence-electron chi connectivity index (χ0n) is 13.3. The molecule has 1 aromatic rings. The summed E-state index contributed by atoms with van der Waals surface area (Å²) < 4.78 is 0. The molecule has 122 valence electrons. The molecule has 5 heteroatoms. The van der Waals surface area contributed by atoms with Crippen molar-refractivity contribution < 1.29 is 9.90 Å². The zero-order valence-corrected chi connectivity index (χ0v) is 13.3. The van der Waals surface area contributed by atoms with E-state index >= 15 is 0 Å². The van der Waals surface area contributed by atoms with Crippen LogP contribution in [0.4, 0.5) is 16.2 Å². The van der Waals surface area contributed by atoms with E-state index < -0.39 is 0 Å². The van der Waals surface area contributed by atoms with Gasteiger partial charge < -0.3 is 20.6 Å². The van der Waals surface area contributed by atoms with Gasteiger partial charge in [0, 0.05) is 37.6 Å². The van der Waals surface area contributed by atoms with E-state index in [9.17, 15) is 4.79 Å². The smallest absolute Gasteiger partial charge is 0.319 e. The molecule has 0 aromatic heterocycles. The van der Waals surface area contributed by atoms with Crippen molar-refractivity contribution in [3.05, 3.63) is 24.3 Å². The quantitative estimate of drug-likeness (QED) is 0.757. The Balaban J connectivity index is 1.85. The highest BCUT2D eigenvalue weighted by atomic mass is 16.3. The van der Waals surface area contributed by atoms with Crippen molar-refractivity contribution in [1.29, 1.82) is 0 Å². The number of aliphatic hydroxyl groups is 1. The van der Waals surface area contributed by atoms with E-state index in [0.29, 0.717) is 13.0 Å². The fraction of sp³-hybridized carbons (Fsp3) is 0.588. The van der Waals surface area contributed by atoms with Crippen LogP contribution in [0.1, 0.15) is 32.6 Å². The summed E-state index contributed by atoms with van der Waals surface area (Å²) in [5.41, 5.74) is 1.99. The number of anilines is 2. The van der Waals surface area contributed by atoms with Gasteiger partial charge >= 0.3 is 6.03 Å². The molecule has 1 aromatic carbocycles. The van der Waals surface area contributed by atoms with Gasteiger partial charge in [-0.25, -0.2) is 4.79 Å². The maximum absolute atomic E-state index is 11.9. The van der Waals surface area contributed by atoms with Gasteiger partial charge in [-0.05, 0) is 49.8 Å². The number of carbonyl (C=O) groups excluding carboxylic acids is 1. The Kier molecular flexibility index (Phi) is 6.52. The van der Waals surface area contributed by atoms with Crippen LogP contribution in [0.25, 0.3) is 0 Å². The SMILES string of the molecule is CC(CCO)CNC(=O)Nc1cccc(N2CCCCC2)c1. The molecule has 1 aliphatic heterocycles. The number of piperidine rings is 1. The molecule has 0 bridgehead atoms. The Bertz CT molecular complexity index is 473. The Hall–Kier alpha value is -1.75. The lowest BCUT2D eigenvalue weighted by molar-refractivity contribution is 0.243. The number of hydrogen-bond donors (Lipinski definition) is 3. The molecular formula is C17H27N3O2. The van der Waals surface area contributed by atoms with E-state index in [1.807, 2.05) is 25.1 Å². The van der Waals surface area contributed by atoms with E-state index in [0.717, 1.165) is 18.8 Å². The normalized spacial score (nSPS) is 16.2. The third-order valence-corrected chi connectivity index (χ3v) is 4.06. The fourth-order valence-corrected chi connectivity index (χ4v) is 2.70. The van der Waals surface area contributed by atoms with Crippen LogP contribution >= 0.6 is 0 Å². The first kappa shape index (κ1) is 16.6. The van der Waals surface area contributed by atoms with Crippen LogP contribution in [0.5, 0.6) is 0 Å². The summed E-state index contributed by atoms with van der Waals surface area (Å²) in [6, 6.07) is 7.82. The minimum absolute atomic E-state index is 0.155. The van der Waals surface area contributed by atoms with E-state index in [1.165, 1.54) is 24.9 Å². The van der Waals surface area contributed by atoms with Crippen molar-refractivity contribution in [1.82, 2.24) is 5.32 Å². The van der Waals surface area contributed by atoms with Crippen molar-refractivity contribution in [2.24, 2.45) is 5.92 Å². The number of amides is 2. The van der Waals surface area contributed by atoms with Crippen molar-refractivity contribution in [2.75, 3.05) is 36.5 Å². The Morgan fingerprint density at radius 2 is 2.09 bits per heavy atom. The number of rotatable bonds is 6.